The summed E-state index contributed by atoms with van der Waals surface area (Å²) in [7, 11) is 0. The molecule has 0 saturated carbocycles. The Morgan fingerprint density at radius 1 is 1.24 bits per heavy atom. The van der Waals surface area contributed by atoms with E-state index in [0.717, 1.165) is 6.54 Å². The van der Waals surface area contributed by atoms with Crippen molar-refractivity contribution in [3.63, 3.8) is 0 Å². The molecule has 0 spiro atoms. The van der Waals surface area contributed by atoms with Crippen molar-refractivity contribution in [2.45, 2.75) is 24.8 Å². The van der Waals surface area contributed by atoms with Crippen LogP contribution in [0.15, 0.2) is 47.2 Å². The third kappa shape index (κ3) is 1.81. The quantitative estimate of drug-likeness (QED) is 0.847. The first-order valence-corrected chi connectivity index (χ1v) is 7.06. The highest BCUT2D eigenvalue weighted by Gasteiger charge is 2.40. The molecule has 17 heavy (non-hydrogen) atoms. The van der Waals surface area contributed by atoms with E-state index < -0.39 is 0 Å². The summed E-state index contributed by atoms with van der Waals surface area (Å²) in [5, 5.41) is 8.13. The van der Waals surface area contributed by atoms with Gasteiger partial charge in [0, 0.05) is 11.5 Å². The van der Waals surface area contributed by atoms with Gasteiger partial charge >= 0.3 is 0 Å². The second-order valence-electron chi connectivity index (χ2n) is 4.98. The van der Waals surface area contributed by atoms with E-state index in [1.807, 2.05) is 0 Å². The average Bonchev–Trinajstić information content (AvgIpc) is 2.99. The van der Waals surface area contributed by atoms with Crippen molar-refractivity contribution in [3.8, 4) is 0 Å². The third-order valence-corrected chi connectivity index (χ3v) is 4.63. The van der Waals surface area contributed by atoms with Crippen LogP contribution in [0.1, 0.15) is 30.5 Å². The summed E-state index contributed by atoms with van der Waals surface area (Å²) in [5.74, 6) is 0. The topological polar surface area (TPSA) is 12.0 Å². The molecule has 1 saturated heterocycles. The molecule has 88 valence electrons. The molecular formula is C15H17NS. The van der Waals surface area contributed by atoms with Crippen molar-refractivity contribution in [1.82, 2.24) is 5.32 Å². The molecule has 1 aliphatic heterocycles. The summed E-state index contributed by atoms with van der Waals surface area (Å²) in [6.07, 6.45) is 1.21. The van der Waals surface area contributed by atoms with Gasteiger partial charge in [0.2, 0.25) is 0 Å². The van der Waals surface area contributed by atoms with Crippen LogP contribution in [0.4, 0.5) is 0 Å². The van der Waals surface area contributed by atoms with Crippen LogP contribution in [-0.2, 0) is 5.41 Å². The molecule has 1 fully saturated rings. The number of hydrogen-bond acceptors (Lipinski definition) is 2. The first kappa shape index (κ1) is 11.0. The lowest BCUT2D eigenvalue weighted by Crippen LogP contribution is -2.29. The number of hydrogen-bond donors (Lipinski definition) is 1. The lowest BCUT2D eigenvalue weighted by molar-refractivity contribution is 0.415. The molecule has 0 amide bonds. The van der Waals surface area contributed by atoms with Gasteiger partial charge in [-0.25, -0.2) is 0 Å². The summed E-state index contributed by atoms with van der Waals surface area (Å²) in [4.78, 5) is 0. The van der Waals surface area contributed by atoms with Gasteiger partial charge in [0.1, 0.15) is 0 Å². The van der Waals surface area contributed by atoms with E-state index in [-0.39, 0.29) is 5.41 Å². The first-order valence-electron chi connectivity index (χ1n) is 6.12. The molecule has 2 aromatic rings. The molecule has 1 N–H and O–H groups in total. The molecule has 2 heterocycles. The van der Waals surface area contributed by atoms with Crippen molar-refractivity contribution in [1.29, 1.82) is 0 Å². The fourth-order valence-electron chi connectivity index (χ4n) is 2.88. The van der Waals surface area contributed by atoms with Gasteiger partial charge in [-0.15, -0.1) is 0 Å². The highest BCUT2D eigenvalue weighted by molar-refractivity contribution is 7.08. The molecule has 2 unspecified atom stereocenters. The Morgan fingerprint density at radius 3 is 2.76 bits per heavy atom. The van der Waals surface area contributed by atoms with Crippen LogP contribution in [0.5, 0.6) is 0 Å². The van der Waals surface area contributed by atoms with Crippen LogP contribution >= 0.6 is 11.3 Å². The Kier molecular flexibility index (Phi) is 2.77. The highest BCUT2D eigenvalue weighted by Crippen LogP contribution is 2.44. The summed E-state index contributed by atoms with van der Waals surface area (Å²) >= 11 is 1.79. The van der Waals surface area contributed by atoms with Gasteiger partial charge in [-0.2, -0.15) is 11.3 Å². The zero-order valence-corrected chi connectivity index (χ0v) is 10.8. The van der Waals surface area contributed by atoms with Crippen molar-refractivity contribution in [3.05, 3.63) is 58.3 Å². The molecule has 0 bridgehead atoms. The van der Waals surface area contributed by atoms with E-state index in [9.17, 15) is 0 Å². The predicted molar refractivity (Wildman–Crippen MR) is 73.5 cm³/mol. The Bertz CT molecular complexity index is 477. The third-order valence-electron chi connectivity index (χ3n) is 3.94. The van der Waals surface area contributed by atoms with Gasteiger partial charge in [-0.05, 0) is 40.9 Å². The van der Waals surface area contributed by atoms with E-state index in [0.29, 0.717) is 6.04 Å². The molecule has 1 aromatic heterocycles. The van der Waals surface area contributed by atoms with E-state index in [1.54, 1.807) is 11.3 Å². The van der Waals surface area contributed by atoms with E-state index in [4.69, 9.17) is 0 Å². The normalized spacial score (nSPS) is 28.4. The molecule has 3 rings (SSSR count). The molecule has 2 atom stereocenters. The molecule has 2 heteroatoms. The second kappa shape index (κ2) is 4.28. The fourth-order valence-corrected chi connectivity index (χ4v) is 3.68. The zero-order chi connectivity index (χ0) is 11.7. The smallest absolute Gasteiger partial charge is 0.0416 e. The molecule has 0 radical (unpaired) electrons. The predicted octanol–water partition coefficient (Wildman–Crippen LogP) is 3.74. The van der Waals surface area contributed by atoms with Crippen molar-refractivity contribution in [2.75, 3.05) is 6.54 Å². The first-order chi connectivity index (χ1) is 8.31. The molecule has 1 aromatic carbocycles. The highest BCUT2D eigenvalue weighted by atomic mass is 32.1. The van der Waals surface area contributed by atoms with E-state index in [1.165, 1.54) is 17.5 Å². The SMILES string of the molecule is CC1(c2ccsc2)CCNC1c1ccccc1. The maximum absolute atomic E-state index is 3.66. The number of rotatable bonds is 2. The Balaban J connectivity index is 2.00. The maximum atomic E-state index is 3.66. The second-order valence-corrected chi connectivity index (χ2v) is 5.76. The summed E-state index contributed by atoms with van der Waals surface area (Å²) in [6.45, 7) is 3.48. The van der Waals surface area contributed by atoms with Crippen LogP contribution in [-0.4, -0.2) is 6.54 Å². The van der Waals surface area contributed by atoms with Gasteiger partial charge in [0.15, 0.2) is 0 Å². The van der Waals surface area contributed by atoms with E-state index in [2.05, 4.69) is 59.4 Å². The van der Waals surface area contributed by atoms with Gasteiger partial charge in [0.05, 0.1) is 0 Å². The van der Waals surface area contributed by atoms with Crippen LogP contribution < -0.4 is 5.32 Å². The van der Waals surface area contributed by atoms with Crippen LogP contribution in [0, 0.1) is 0 Å². The van der Waals surface area contributed by atoms with Crippen molar-refractivity contribution < 1.29 is 0 Å². The maximum Gasteiger partial charge on any atom is 0.0416 e. The van der Waals surface area contributed by atoms with Crippen LogP contribution in [0.3, 0.4) is 0 Å². The molecule has 1 aliphatic rings. The fraction of sp³-hybridized carbons (Fsp3) is 0.333. The van der Waals surface area contributed by atoms with Crippen molar-refractivity contribution >= 4 is 11.3 Å². The Labute approximate surface area is 106 Å². The molecule has 0 aliphatic carbocycles. The number of thiophene rings is 1. The lowest BCUT2D eigenvalue weighted by Gasteiger charge is -2.31. The summed E-state index contributed by atoms with van der Waals surface area (Å²) in [5.41, 5.74) is 3.11. The summed E-state index contributed by atoms with van der Waals surface area (Å²) < 4.78 is 0. The Hall–Kier alpha value is -1.12. The minimum Gasteiger partial charge on any atom is -0.309 e. The van der Waals surface area contributed by atoms with Gasteiger partial charge < -0.3 is 5.32 Å². The Morgan fingerprint density at radius 2 is 2.06 bits per heavy atom. The summed E-state index contributed by atoms with van der Waals surface area (Å²) in [6, 6.07) is 13.5. The number of nitrogens with one attached hydrogen (secondary N) is 1. The standard InChI is InChI=1S/C15H17NS/c1-15(13-7-10-17-11-13)8-9-16-14(15)12-5-3-2-4-6-12/h2-7,10-11,14,16H,8-9H2,1H3. The largest absolute Gasteiger partial charge is 0.309 e. The van der Waals surface area contributed by atoms with Gasteiger partial charge in [-0.1, -0.05) is 37.3 Å². The molecule has 1 nitrogen and oxygen atoms in total. The average molecular weight is 243 g/mol. The minimum atomic E-state index is 0.237. The van der Waals surface area contributed by atoms with Gasteiger partial charge in [-0.3, -0.25) is 0 Å². The zero-order valence-electron chi connectivity index (χ0n) is 10.0. The number of benzene rings is 1. The van der Waals surface area contributed by atoms with Crippen molar-refractivity contribution in [2.24, 2.45) is 0 Å². The molecular weight excluding hydrogens is 226 g/mol. The van der Waals surface area contributed by atoms with Gasteiger partial charge in [0.25, 0.3) is 0 Å². The monoisotopic (exact) mass is 243 g/mol. The lowest BCUT2D eigenvalue weighted by atomic mass is 9.75. The minimum absolute atomic E-state index is 0.237. The van der Waals surface area contributed by atoms with Crippen LogP contribution in [0.2, 0.25) is 0 Å². The van der Waals surface area contributed by atoms with Crippen LogP contribution in [0.25, 0.3) is 0 Å². The van der Waals surface area contributed by atoms with E-state index >= 15 is 0 Å².